The van der Waals surface area contributed by atoms with Gasteiger partial charge in [0.05, 0.1) is 11.6 Å². The number of nitrogens with zero attached hydrogens (tertiary/aromatic N) is 2. The number of fused-ring (bicyclic) bond motifs is 1. The highest BCUT2D eigenvalue weighted by Crippen LogP contribution is 2.41. The van der Waals surface area contributed by atoms with Crippen LogP contribution < -0.4 is 9.47 Å². The molecule has 1 N–H and O–H groups in total. The summed E-state index contributed by atoms with van der Waals surface area (Å²) in [6, 6.07) is 11.8. The summed E-state index contributed by atoms with van der Waals surface area (Å²) in [6.07, 6.45) is 0.703. The van der Waals surface area contributed by atoms with E-state index in [1.54, 1.807) is 23.1 Å². The predicted octanol–water partition coefficient (Wildman–Crippen LogP) is 3.59. The first-order chi connectivity index (χ1) is 15.4. The Labute approximate surface area is 195 Å². The second kappa shape index (κ2) is 9.34. The molecule has 2 aromatic rings. The summed E-state index contributed by atoms with van der Waals surface area (Å²) >= 11 is 3.47. The van der Waals surface area contributed by atoms with Crippen LogP contribution in [0.15, 0.2) is 52.5 Å². The van der Waals surface area contributed by atoms with Gasteiger partial charge in [-0.3, -0.25) is 9.59 Å². The van der Waals surface area contributed by atoms with Crippen LogP contribution in [-0.2, 0) is 9.59 Å². The molecule has 0 bridgehead atoms. The van der Waals surface area contributed by atoms with Crippen molar-refractivity contribution in [2.75, 3.05) is 40.4 Å². The van der Waals surface area contributed by atoms with Crippen LogP contribution in [0.4, 0.5) is 0 Å². The van der Waals surface area contributed by atoms with Gasteiger partial charge in [0.15, 0.2) is 11.5 Å². The molecule has 7 nitrogen and oxygen atoms in total. The second-order valence-corrected chi connectivity index (χ2v) is 8.98. The molecule has 0 radical (unpaired) electrons. The van der Waals surface area contributed by atoms with Crippen molar-refractivity contribution in [3.05, 3.63) is 63.6 Å². The summed E-state index contributed by atoms with van der Waals surface area (Å²) in [4.78, 5) is 29.7. The quantitative estimate of drug-likeness (QED) is 0.370. The van der Waals surface area contributed by atoms with E-state index < -0.39 is 17.7 Å². The molecule has 1 atom stereocenters. The Morgan fingerprint density at radius 1 is 1.12 bits per heavy atom. The van der Waals surface area contributed by atoms with E-state index in [2.05, 4.69) is 15.9 Å². The van der Waals surface area contributed by atoms with Crippen LogP contribution in [0.5, 0.6) is 11.5 Å². The van der Waals surface area contributed by atoms with Crippen molar-refractivity contribution in [3.63, 3.8) is 0 Å². The molecule has 1 saturated heterocycles. The average Bonchev–Trinajstić information content (AvgIpc) is 3.03. The van der Waals surface area contributed by atoms with Crippen molar-refractivity contribution in [1.29, 1.82) is 0 Å². The topological polar surface area (TPSA) is 79.3 Å². The zero-order valence-electron chi connectivity index (χ0n) is 18.0. The largest absolute Gasteiger partial charge is 0.507 e. The monoisotopic (exact) mass is 500 g/mol. The lowest BCUT2D eigenvalue weighted by atomic mass is 9.95. The Kier molecular flexibility index (Phi) is 6.53. The minimum atomic E-state index is -0.688. The smallest absolute Gasteiger partial charge is 0.295 e. The number of hydrogen-bond acceptors (Lipinski definition) is 6. The van der Waals surface area contributed by atoms with Gasteiger partial charge in [-0.05, 0) is 63.0 Å². The fourth-order valence-corrected chi connectivity index (χ4v) is 4.45. The van der Waals surface area contributed by atoms with Crippen LogP contribution in [-0.4, -0.2) is 67.0 Å². The number of ether oxygens (including phenoxy) is 2. The normalized spacial score (nSPS) is 19.6. The Morgan fingerprint density at radius 2 is 1.88 bits per heavy atom. The van der Waals surface area contributed by atoms with E-state index in [0.29, 0.717) is 43.2 Å². The molecule has 4 rings (SSSR count). The molecule has 0 saturated carbocycles. The Hall–Kier alpha value is -2.84. The van der Waals surface area contributed by atoms with E-state index in [1.807, 2.05) is 43.3 Å². The van der Waals surface area contributed by atoms with Crippen molar-refractivity contribution in [2.24, 2.45) is 0 Å². The minimum absolute atomic E-state index is 0.0784. The SMILES string of the molecule is CN(C)CCCN1C(=O)C(=O)C(=C(O)c2ccc3c(c2)OCCO3)[C@@H]1c1cccc(Br)c1. The fourth-order valence-electron chi connectivity index (χ4n) is 4.04. The molecule has 32 heavy (non-hydrogen) atoms. The molecule has 1 fully saturated rings. The number of aliphatic hydroxyl groups excluding tert-OH is 1. The average molecular weight is 501 g/mol. The van der Waals surface area contributed by atoms with E-state index in [0.717, 1.165) is 16.6 Å². The van der Waals surface area contributed by atoms with Crippen LogP contribution in [0, 0.1) is 0 Å². The predicted molar refractivity (Wildman–Crippen MR) is 124 cm³/mol. The van der Waals surface area contributed by atoms with Crippen LogP contribution in [0.25, 0.3) is 5.76 Å². The number of aliphatic hydroxyl groups is 1. The molecule has 0 aliphatic carbocycles. The standard InChI is InChI=1S/C24H25BrN2O5/c1-26(2)9-4-10-27-21(15-5-3-6-17(25)13-15)20(23(29)24(27)30)22(28)16-7-8-18-19(14-16)32-12-11-31-18/h3,5-8,13-14,21,28H,4,9-12H2,1-2H3/t21-/m0/s1. The molecule has 2 heterocycles. The van der Waals surface area contributed by atoms with E-state index >= 15 is 0 Å². The van der Waals surface area contributed by atoms with Crippen LogP contribution >= 0.6 is 15.9 Å². The lowest BCUT2D eigenvalue weighted by molar-refractivity contribution is -0.139. The summed E-state index contributed by atoms with van der Waals surface area (Å²) in [6.45, 7) is 2.04. The highest BCUT2D eigenvalue weighted by atomic mass is 79.9. The van der Waals surface area contributed by atoms with Crippen molar-refractivity contribution in [3.8, 4) is 11.5 Å². The summed E-state index contributed by atoms with van der Waals surface area (Å²) in [5, 5.41) is 11.2. The first kappa shape index (κ1) is 22.4. The van der Waals surface area contributed by atoms with Gasteiger partial charge in [0.1, 0.15) is 19.0 Å². The fraction of sp³-hybridized carbons (Fsp3) is 0.333. The van der Waals surface area contributed by atoms with E-state index in [1.165, 1.54) is 0 Å². The van der Waals surface area contributed by atoms with Crippen LogP contribution in [0.2, 0.25) is 0 Å². The molecule has 0 unspecified atom stereocenters. The van der Waals surface area contributed by atoms with Gasteiger partial charge in [0, 0.05) is 16.6 Å². The van der Waals surface area contributed by atoms with Crippen LogP contribution in [0.3, 0.4) is 0 Å². The summed E-state index contributed by atoms with van der Waals surface area (Å²) in [7, 11) is 3.92. The molecular formula is C24H25BrN2O5. The number of hydrogen-bond donors (Lipinski definition) is 1. The van der Waals surface area contributed by atoms with Gasteiger partial charge in [0.25, 0.3) is 11.7 Å². The molecule has 2 aliphatic rings. The number of halogens is 1. The second-order valence-electron chi connectivity index (χ2n) is 8.06. The molecule has 0 spiro atoms. The molecule has 1 amide bonds. The van der Waals surface area contributed by atoms with E-state index in [-0.39, 0.29) is 11.3 Å². The number of carbonyl (C=O) groups excluding carboxylic acids is 2. The molecule has 168 valence electrons. The number of amides is 1. The summed E-state index contributed by atoms with van der Waals surface area (Å²) in [5.74, 6) is -0.430. The lowest BCUT2D eigenvalue weighted by Gasteiger charge is -2.26. The number of benzene rings is 2. The third-order valence-corrected chi connectivity index (χ3v) is 6.02. The van der Waals surface area contributed by atoms with Gasteiger partial charge in [-0.1, -0.05) is 28.1 Å². The maximum atomic E-state index is 13.1. The number of ketones is 1. The highest BCUT2D eigenvalue weighted by Gasteiger charge is 2.45. The maximum absolute atomic E-state index is 13.1. The maximum Gasteiger partial charge on any atom is 0.295 e. The number of likely N-dealkylation sites (tertiary alicyclic amines) is 1. The Morgan fingerprint density at radius 3 is 2.59 bits per heavy atom. The first-order valence-corrected chi connectivity index (χ1v) is 11.2. The van der Waals surface area contributed by atoms with Gasteiger partial charge in [-0.25, -0.2) is 0 Å². The lowest BCUT2D eigenvalue weighted by Crippen LogP contribution is -2.32. The van der Waals surface area contributed by atoms with Gasteiger partial charge < -0.3 is 24.4 Å². The Bertz CT molecular complexity index is 1080. The van der Waals surface area contributed by atoms with Crippen molar-refractivity contribution in [2.45, 2.75) is 12.5 Å². The molecule has 8 heteroatoms. The third kappa shape index (κ3) is 4.38. The van der Waals surface area contributed by atoms with Gasteiger partial charge >= 0.3 is 0 Å². The highest BCUT2D eigenvalue weighted by molar-refractivity contribution is 9.10. The summed E-state index contributed by atoms with van der Waals surface area (Å²) in [5.41, 5.74) is 1.23. The zero-order chi connectivity index (χ0) is 22.8. The molecule has 0 aromatic heterocycles. The first-order valence-electron chi connectivity index (χ1n) is 10.5. The van der Waals surface area contributed by atoms with Gasteiger partial charge in [-0.15, -0.1) is 0 Å². The van der Waals surface area contributed by atoms with Crippen molar-refractivity contribution < 1.29 is 24.2 Å². The number of carbonyl (C=O) groups is 2. The summed E-state index contributed by atoms with van der Waals surface area (Å²) < 4.78 is 12.0. The van der Waals surface area contributed by atoms with E-state index in [9.17, 15) is 14.7 Å². The van der Waals surface area contributed by atoms with Gasteiger partial charge in [-0.2, -0.15) is 0 Å². The van der Waals surface area contributed by atoms with Crippen LogP contribution in [0.1, 0.15) is 23.6 Å². The number of rotatable bonds is 6. The molecule has 2 aromatic carbocycles. The molecule has 2 aliphatic heterocycles. The van der Waals surface area contributed by atoms with Crippen molar-refractivity contribution in [1.82, 2.24) is 9.80 Å². The Balaban J connectivity index is 1.79. The van der Waals surface area contributed by atoms with Crippen molar-refractivity contribution >= 4 is 33.4 Å². The third-order valence-electron chi connectivity index (χ3n) is 5.52. The minimum Gasteiger partial charge on any atom is -0.507 e. The molecular weight excluding hydrogens is 476 g/mol. The number of Topliss-reactive ketones (excluding diaryl/α,β-unsaturated/α-hetero) is 1. The van der Waals surface area contributed by atoms with E-state index in [4.69, 9.17) is 9.47 Å². The zero-order valence-corrected chi connectivity index (χ0v) is 19.6. The van der Waals surface area contributed by atoms with Gasteiger partial charge in [0.2, 0.25) is 0 Å².